The molecule has 2 rings (SSSR count). The van der Waals surface area contributed by atoms with E-state index in [-0.39, 0.29) is 0 Å². The fourth-order valence-corrected chi connectivity index (χ4v) is 3.97. The van der Waals surface area contributed by atoms with Crippen LogP contribution in [-0.2, 0) is 24.2 Å². The molecule has 1 aromatic rings. The summed E-state index contributed by atoms with van der Waals surface area (Å²) in [4.78, 5) is 15.5. The zero-order valence-corrected chi connectivity index (χ0v) is 14.8. The third-order valence-corrected chi connectivity index (χ3v) is 5.07. The van der Waals surface area contributed by atoms with Gasteiger partial charge in [-0.1, -0.05) is 6.07 Å². The van der Waals surface area contributed by atoms with Gasteiger partial charge in [0.25, 0.3) is 0 Å². The van der Waals surface area contributed by atoms with Crippen molar-refractivity contribution in [3.63, 3.8) is 0 Å². The van der Waals surface area contributed by atoms with Crippen molar-refractivity contribution in [2.24, 2.45) is 0 Å². The first-order valence-electron chi connectivity index (χ1n) is 7.21. The van der Waals surface area contributed by atoms with Crippen molar-refractivity contribution in [1.29, 1.82) is 0 Å². The summed E-state index contributed by atoms with van der Waals surface area (Å²) in [7, 11) is -4.47. The van der Waals surface area contributed by atoms with Gasteiger partial charge in [0.2, 0.25) is 9.84 Å². The predicted molar refractivity (Wildman–Crippen MR) is 86.0 cm³/mol. The highest BCUT2D eigenvalue weighted by molar-refractivity contribution is 8.04. The third-order valence-electron chi connectivity index (χ3n) is 3.26. The van der Waals surface area contributed by atoms with E-state index in [1.807, 2.05) is 0 Å². The van der Waals surface area contributed by atoms with Crippen LogP contribution in [0.5, 0.6) is 0 Å². The van der Waals surface area contributed by atoms with E-state index < -0.39 is 54.3 Å². The van der Waals surface area contributed by atoms with Gasteiger partial charge in [0.1, 0.15) is 27.9 Å². The van der Waals surface area contributed by atoms with E-state index in [9.17, 15) is 22.0 Å². The molecule has 0 unspecified atom stereocenters. The lowest BCUT2D eigenvalue weighted by atomic mass is 10.1. The van der Waals surface area contributed by atoms with Crippen molar-refractivity contribution in [2.75, 3.05) is 0 Å². The summed E-state index contributed by atoms with van der Waals surface area (Å²) >= 11 is 0. The minimum Gasteiger partial charge on any atom is -0.430 e. The first kappa shape index (κ1) is 19.1. The maximum Gasteiger partial charge on any atom is 0.307 e. The van der Waals surface area contributed by atoms with Gasteiger partial charge in [0.15, 0.2) is 5.03 Å². The Morgan fingerprint density at radius 3 is 2.20 bits per heavy atom. The van der Waals surface area contributed by atoms with E-state index in [0.717, 1.165) is 32.0 Å². The zero-order chi connectivity index (χ0) is 19.0. The van der Waals surface area contributed by atoms with Crippen LogP contribution in [0, 0.1) is 11.6 Å². The lowest BCUT2D eigenvalue weighted by Gasteiger charge is -2.15. The first-order valence-corrected chi connectivity index (χ1v) is 8.69. The molecule has 9 heteroatoms. The average molecular weight is 373 g/mol. The number of carbonyl (C=O) groups is 1. The highest BCUT2D eigenvalue weighted by Gasteiger charge is 2.37. The first-order chi connectivity index (χ1) is 11.5. The van der Waals surface area contributed by atoms with Gasteiger partial charge in [-0.2, -0.15) is 0 Å². The Bertz CT molecular complexity index is 868. The zero-order valence-electron chi connectivity index (χ0n) is 14.0. The predicted octanol–water partition coefficient (Wildman–Crippen LogP) is 2.79. The molecule has 0 aliphatic carbocycles. The van der Waals surface area contributed by atoms with Crippen molar-refractivity contribution >= 4 is 20.7 Å². The molecule has 0 saturated heterocycles. The Morgan fingerprint density at radius 2 is 1.76 bits per heavy atom. The number of benzene rings is 1. The fraction of sp³-hybridized carbons (Fsp3) is 0.312. The van der Waals surface area contributed by atoms with Crippen LogP contribution in [0.1, 0.15) is 33.3 Å². The van der Waals surface area contributed by atoms with Gasteiger partial charge in [0.05, 0.1) is 5.56 Å². The second-order valence-electron chi connectivity index (χ2n) is 5.90. The van der Waals surface area contributed by atoms with E-state index in [2.05, 4.69) is 5.48 Å². The number of sulfone groups is 1. The van der Waals surface area contributed by atoms with Crippen molar-refractivity contribution in [1.82, 2.24) is 5.48 Å². The van der Waals surface area contributed by atoms with E-state index in [1.165, 1.54) is 6.08 Å². The van der Waals surface area contributed by atoms with Crippen molar-refractivity contribution in [2.45, 2.75) is 33.3 Å². The summed E-state index contributed by atoms with van der Waals surface area (Å²) < 4.78 is 59.2. The molecule has 0 radical (unpaired) electrons. The maximum absolute atomic E-state index is 14.2. The summed E-state index contributed by atoms with van der Waals surface area (Å²) in [6, 6.07) is 2.91. The lowest BCUT2D eigenvalue weighted by Crippen LogP contribution is -2.23. The van der Waals surface area contributed by atoms with Gasteiger partial charge in [-0.05, 0) is 39.0 Å². The molecule has 1 aliphatic heterocycles. The summed E-state index contributed by atoms with van der Waals surface area (Å²) in [6.07, 6.45) is 1.25. The van der Waals surface area contributed by atoms with E-state index >= 15 is 0 Å². The molecule has 1 heterocycles. The number of hydroxylamine groups is 1. The Morgan fingerprint density at radius 1 is 1.20 bits per heavy atom. The van der Waals surface area contributed by atoms with Gasteiger partial charge >= 0.3 is 5.97 Å². The van der Waals surface area contributed by atoms with Crippen LogP contribution < -0.4 is 5.48 Å². The SMILES string of the molecule is CC(=O)OC(C)=C(c1c(F)cccc1F)S(=O)(=O)C1=CC(C)(C)ON1. The topological polar surface area (TPSA) is 81.7 Å². The highest BCUT2D eigenvalue weighted by atomic mass is 32.2. The molecular formula is C16H17F2NO5S. The molecule has 6 nitrogen and oxygen atoms in total. The highest BCUT2D eigenvalue weighted by Crippen LogP contribution is 2.35. The van der Waals surface area contributed by atoms with Gasteiger partial charge < -0.3 is 4.74 Å². The number of esters is 1. The Hall–Kier alpha value is -2.26. The van der Waals surface area contributed by atoms with Gasteiger partial charge in [-0.25, -0.2) is 17.2 Å². The molecule has 136 valence electrons. The molecule has 1 aromatic carbocycles. The smallest absolute Gasteiger partial charge is 0.307 e. The van der Waals surface area contributed by atoms with Crippen LogP contribution in [0.2, 0.25) is 0 Å². The Balaban J connectivity index is 2.76. The molecule has 0 bridgehead atoms. The van der Waals surface area contributed by atoms with Crippen LogP contribution in [0.25, 0.3) is 4.91 Å². The largest absolute Gasteiger partial charge is 0.430 e. The normalized spacial score (nSPS) is 17.4. The second kappa shape index (κ2) is 6.57. The number of nitrogens with one attached hydrogen (secondary N) is 1. The summed E-state index contributed by atoms with van der Waals surface area (Å²) in [5, 5.41) is -0.401. The number of halogens is 2. The number of ether oxygens (including phenoxy) is 1. The van der Waals surface area contributed by atoms with Crippen molar-refractivity contribution < 1.29 is 31.6 Å². The Labute approximate surface area is 144 Å². The third kappa shape index (κ3) is 3.88. The molecule has 0 aromatic heterocycles. The van der Waals surface area contributed by atoms with E-state index in [1.54, 1.807) is 13.8 Å². The molecule has 1 aliphatic rings. The molecule has 0 saturated carbocycles. The van der Waals surface area contributed by atoms with Gasteiger partial charge in [0, 0.05) is 6.92 Å². The minimum absolute atomic E-state index is 0.401. The second-order valence-corrected chi connectivity index (χ2v) is 7.75. The summed E-state index contributed by atoms with van der Waals surface area (Å²) in [5.41, 5.74) is 0.479. The number of allylic oxidation sites excluding steroid dienone is 1. The average Bonchev–Trinajstić information content (AvgIpc) is 2.82. The van der Waals surface area contributed by atoms with E-state index in [0.29, 0.717) is 0 Å². The summed E-state index contributed by atoms with van der Waals surface area (Å²) in [6.45, 7) is 5.37. The minimum atomic E-state index is -4.47. The maximum atomic E-state index is 14.2. The van der Waals surface area contributed by atoms with Crippen LogP contribution in [-0.4, -0.2) is 20.0 Å². The van der Waals surface area contributed by atoms with Crippen molar-refractivity contribution in [3.8, 4) is 0 Å². The van der Waals surface area contributed by atoms with Gasteiger partial charge in [-0.15, -0.1) is 0 Å². The molecule has 0 spiro atoms. The van der Waals surface area contributed by atoms with Crippen molar-refractivity contribution in [3.05, 3.63) is 52.3 Å². The number of carbonyl (C=O) groups excluding carboxylic acids is 1. The standard InChI is InChI=1S/C16H17F2NO5S/c1-9(23-10(2)20)15(14-11(17)6-5-7-12(14)18)25(21,22)13-8-16(3,4)24-19-13/h5-8,19H,1-4H3. The van der Waals surface area contributed by atoms with Crippen LogP contribution in [0.15, 0.2) is 35.1 Å². The van der Waals surface area contributed by atoms with Crippen LogP contribution >= 0.6 is 0 Å². The number of rotatable bonds is 4. The van der Waals surface area contributed by atoms with Crippen LogP contribution in [0.4, 0.5) is 8.78 Å². The molecular weight excluding hydrogens is 356 g/mol. The number of hydrogen-bond acceptors (Lipinski definition) is 6. The lowest BCUT2D eigenvalue weighted by molar-refractivity contribution is -0.136. The molecule has 0 amide bonds. The van der Waals surface area contributed by atoms with Crippen LogP contribution in [0.3, 0.4) is 0 Å². The molecule has 0 atom stereocenters. The molecule has 1 N–H and O–H groups in total. The molecule has 0 fully saturated rings. The number of hydrogen-bond donors (Lipinski definition) is 1. The Kier molecular flexibility index (Phi) is 5.01. The molecule has 25 heavy (non-hydrogen) atoms. The monoisotopic (exact) mass is 373 g/mol. The summed E-state index contributed by atoms with van der Waals surface area (Å²) in [5.74, 6) is -3.50. The van der Waals surface area contributed by atoms with E-state index in [4.69, 9.17) is 9.57 Å². The fourth-order valence-electron chi connectivity index (χ4n) is 2.28. The quantitative estimate of drug-likeness (QED) is 0.646. The van der Waals surface area contributed by atoms with Gasteiger partial charge in [-0.3, -0.25) is 15.1 Å².